The summed E-state index contributed by atoms with van der Waals surface area (Å²) in [7, 11) is -0.776. The molecule has 0 spiro atoms. The lowest BCUT2D eigenvalue weighted by molar-refractivity contribution is -0.161. The Kier molecular flexibility index (Phi) is 42.3. The van der Waals surface area contributed by atoms with Crippen LogP contribution in [-0.4, -0.2) is 68.3 Å². The van der Waals surface area contributed by atoms with E-state index in [2.05, 4.69) is 111 Å². The van der Waals surface area contributed by atoms with E-state index in [1.807, 2.05) is 26.2 Å². The smallest absolute Gasteiger partial charge is 0.462 e. The molecule has 0 aliphatic carbocycles. The van der Waals surface area contributed by atoms with Crippen molar-refractivity contribution in [1.29, 1.82) is 0 Å². The van der Waals surface area contributed by atoms with Gasteiger partial charge < -0.3 is 19.3 Å². The molecule has 61 heavy (non-hydrogen) atoms. The zero-order chi connectivity index (χ0) is 44.8. The van der Waals surface area contributed by atoms with E-state index in [9.17, 15) is 19.0 Å². The fourth-order valence-corrected chi connectivity index (χ4v) is 6.22. The van der Waals surface area contributed by atoms with E-state index < -0.39 is 32.5 Å². The summed E-state index contributed by atoms with van der Waals surface area (Å²) in [5, 5.41) is 0. The second-order valence-electron chi connectivity index (χ2n) is 15.2. The number of phosphoric acid groups is 1. The molecule has 0 aromatic carbocycles. The second kappa shape index (κ2) is 44.7. The molecule has 10 heteroatoms. The molecular formula is C51H84NO8P. The highest BCUT2D eigenvalue weighted by Gasteiger charge is 2.26. The normalized spacial score (nSPS) is 14.3. The van der Waals surface area contributed by atoms with Crippen molar-refractivity contribution < 1.29 is 37.6 Å². The summed E-state index contributed by atoms with van der Waals surface area (Å²) >= 11 is 0. The summed E-state index contributed by atoms with van der Waals surface area (Å²) in [4.78, 5) is 37.0. The van der Waals surface area contributed by atoms with Gasteiger partial charge in [-0.15, -0.1) is 0 Å². The van der Waals surface area contributed by atoms with Gasteiger partial charge >= 0.3 is 19.8 Å². The molecular weight excluding hydrogens is 786 g/mol. The van der Waals surface area contributed by atoms with Crippen LogP contribution in [0.2, 0.25) is 0 Å². The lowest BCUT2D eigenvalue weighted by atomic mass is 10.1. The van der Waals surface area contributed by atoms with E-state index in [4.69, 9.17) is 18.5 Å². The van der Waals surface area contributed by atoms with E-state index in [0.29, 0.717) is 19.4 Å². The molecule has 0 saturated carbocycles. The molecule has 0 aliphatic heterocycles. The first kappa shape index (κ1) is 57.7. The third kappa shape index (κ3) is 46.0. The molecule has 1 N–H and O–H groups in total. The number of carbonyl (C=O) groups excluding carboxylic acids is 2. The Bertz CT molecular complexity index is 1370. The quantitative estimate of drug-likeness (QED) is 0.0278. The minimum Gasteiger partial charge on any atom is -0.462 e. The summed E-state index contributed by atoms with van der Waals surface area (Å²) in [5.74, 6) is -0.946. The van der Waals surface area contributed by atoms with Crippen LogP contribution in [0.5, 0.6) is 0 Å². The van der Waals surface area contributed by atoms with Gasteiger partial charge in [-0.1, -0.05) is 155 Å². The first-order valence-electron chi connectivity index (χ1n) is 23.2. The van der Waals surface area contributed by atoms with E-state index in [1.165, 1.54) is 51.4 Å². The van der Waals surface area contributed by atoms with Crippen LogP contribution in [0.25, 0.3) is 0 Å². The standard InChI is InChI=1S/C51H84NO8P/c1-5-7-9-11-13-15-17-19-21-23-25-27-29-31-33-35-37-39-41-43-50(53)57-47-49(48-59-61(55,56)58-46-45-52(3)4)60-51(54)44-42-40-38-36-34-32-30-28-26-24-22-20-18-16-14-12-10-8-6-2/h13-16,19-22,25-28,31-34,37,39,49H,5-12,17-18,23-24,29-30,35-36,38,40-48H2,1-4H3,(H,55,56)/b15-13-,16-14-,21-19-,22-20-,27-25-,28-26-,33-31-,34-32-,39-37-. The van der Waals surface area contributed by atoms with Crippen molar-refractivity contribution in [2.24, 2.45) is 0 Å². The lowest BCUT2D eigenvalue weighted by Crippen LogP contribution is -2.29. The molecule has 0 aromatic rings. The number of rotatable bonds is 41. The van der Waals surface area contributed by atoms with Crippen molar-refractivity contribution in [3.8, 4) is 0 Å². The summed E-state index contributed by atoms with van der Waals surface area (Å²) in [6.45, 7) is 4.12. The molecule has 346 valence electrons. The minimum absolute atomic E-state index is 0.0167. The number of likely N-dealkylation sites (N-methyl/N-ethyl adjacent to an activating group) is 1. The van der Waals surface area contributed by atoms with Gasteiger partial charge in [0.25, 0.3) is 0 Å². The molecule has 0 amide bonds. The molecule has 0 bridgehead atoms. The molecule has 0 radical (unpaired) electrons. The van der Waals surface area contributed by atoms with Gasteiger partial charge in [0.1, 0.15) is 6.61 Å². The van der Waals surface area contributed by atoms with Crippen LogP contribution in [-0.2, 0) is 32.7 Å². The lowest BCUT2D eigenvalue weighted by Gasteiger charge is -2.20. The Morgan fingerprint density at radius 2 is 0.918 bits per heavy atom. The van der Waals surface area contributed by atoms with Gasteiger partial charge in [0.15, 0.2) is 6.10 Å². The highest BCUT2D eigenvalue weighted by Crippen LogP contribution is 2.43. The molecule has 2 atom stereocenters. The molecule has 0 heterocycles. The highest BCUT2D eigenvalue weighted by molar-refractivity contribution is 7.47. The Labute approximate surface area is 372 Å². The molecule has 0 aromatic heterocycles. The number of allylic oxidation sites excluding steroid dienone is 18. The van der Waals surface area contributed by atoms with Gasteiger partial charge in [-0.05, 0) is 110 Å². The van der Waals surface area contributed by atoms with E-state index in [1.54, 1.807) is 4.90 Å². The van der Waals surface area contributed by atoms with Crippen molar-refractivity contribution in [1.82, 2.24) is 4.90 Å². The van der Waals surface area contributed by atoms with Crippen molar-refractivity contribution in [2.75, 3.05) is 40.5 Å². The highest BCUT2D eigenvalue weighted by atomic mass is 31.2. The summed E-state index contributed by atoms with van der Waals surface area (Å²) in [5.41, 5.74) is 0. The van der Waals surface area contributed by atoms with Crippen LogP contribution in [0.15, 0.2) is 109 Å². The van der Waals surface area contributed by atoms with Crippen molar-refractivity contribution in [3.63, 3.8) is 0 Å². The Morgan fingerprint density at radius 3 is 1.34 bits per heavy atom. The Balaban J connectivity index is 4.47. The van der Waals surface area contributed by atoms with Gasteiger partial charge in [0, 0.05) is 19.4 Å². The average molecular weight is 870 g/mol. The van der Waals surface area contributed by atoms with Gasteiger partial charge in [-0.3, -0.25) is 18.6 Å². The zero-order valence-electron chi connectivity index (χ0n) is 38.6. The topological polar surface area (TPSA) is 112 Å². The van der Waals surface area contributed by atoms with Crippen LogP contribution < -0.4 is 0 Å². The van der Waals surface area contributed by atoms with E-state index in [0.717, 1.165) is 64.2 Å². The maximum atomic E-state index is 12.7. The number of carbonyl (C=O) groups is 2. The summed E-state index contributed by atoms with van der Waals surface area (Å²) < 4.78 is 33.4. The minimum atomic E-state index is -4.40. The number of unbranched alkanes of at least 4 members (excludes halogenated alkanes) is 9. The van der Waals surface area contributed by atoms with Crippen LogP contribution in [0.4, 0.5) is 0 Å². The number of hydrogen-bond acceptors (Lipinski definition) is 8. The van der Waals surface area contributed by atoms with Gasteiger partial charge in [-0.2, -0.15) is 0 Å². The Morgan fingerprint density at radius 1 is 0.508 bits per heavy atom. The maximum absolute atomic E-state index is 12.7. The largest absolute Gasteiger partial charge is 0.472 e. The predicted octanol–water partition coefficient (Wildman–Crippen LogP) is 13.8. The second-order valence-corrected chi connectivity index (χ2v) is 16.7. The van der Waals surface area contributed by atoms with Crippen molar-refractivity contribution in [3.05, 3.63) is 109 Å². The van der Waals surface area contributed by atoms with Crippen LogP contribution in [0.1, 0.15) is 155 Å². The number of nitrogens with zero attached hydrogens (tertiary/aromatic N) is 1. The van der Waals surface area contributed by atoms with Gasteiger partial charge in [-0.25, -0.2) is 4.57 Å². The molecule has 2 unspecified atom stereocenters. The molecule has 0 saturated heterocycles. The number of hydrogen-bond donors (Lipinski definition) is 1. The number of esters is 2. The van der Waals surface area contributed by atoms with Crippen molar-refractivity contribution >= 4 is 19.8 Å². The molecule has 0 rings (SSSR count). The van der Waals surface area contributed by atoms with Crippen LogP contribution >= 0.6 is 7.82 Å². The summed E-state index contributed by atoms with van der Waals surface area (Å²) in [6, 6.07) is 0. The maximum Gasteiger partial charge on any atom is 0.472 e. The first-order chi connectivity index (χ1) is 29.7. The first-order valence-corrected chi connectivity index (χ1v) is 24.7. The zero-order valence-corrected chi connectivity index (χ0v) is 39.4. The SMILES string of the molecule is CCCCC/C=C\C/C=C\C/C=C\C/C=C\C/C=C\CCC(=O)OCC(COP(=O)(O)OCCN(C)C)OC(=O)CCCCC/C=C\C/C=C\C/C=C\C/C=C\CCCCC. The van der Waals surface area contributed by atoms with Gasteiger partial charge in [0.2, 0.25) is 0 Å². The van der Waals surface area contributed by atoms with Crippen molar-refractivity contribution in [2.45, 2.75) is 161 Å². The number of phosphoric ester groups is 1. The van der Waals surface area contributed by atoms with Crippen LogP contribution in [0.3, 0.4) is 0 Å². The fraction of sp³-hybridized carbons (Fsp3) is 0.608. The third-order valence-electron chi connectivity index (χ3n) is 9.07. The molecule has 0 aliphatic rings. The van der Waals surface area contributed by atoms with Crippen LogP contribution in [0, 0.1) is 0 Å². The van der Waals surface area contributed by atoms with Gasteiger partial charge in [0.05, 0.1) is 13.2 Å². The summed E-state index contributed by atoms with van der Waals surface area (Å²) in [6.07, 6.45) is 58.6. The average Bonchev–Trinajstić information content (AvgIpc) is 3.23. The van der Waals surface area contributed by atoms with E-state index >= 15 is 0 Å². The van der Waals surface area contributed by atoms with E-state index in [-0.39, 0.29) is 26.1 Å². The fourth-order valence-electron chi connectivity index (χ4n) is 5.47. The molecule has 0 fully saturated rings. The monoisotopic (exact) mass is 870 g/mol. The molecule has 9 nitrogen and oxygen atoms in total. The number of ether oxygens (including phenoxy) is 2. The predicted molar refractivity (Wildman–Crippen MR) is 256 cm³/mol. The third-order valence-corrected chi connectivity index (χ3v) is 10.0. The Hall–Kier alpha value is -3.33.